The van der Waals surface area contributed by atoms with Crippen LogP contribution in [0, 0.1) is 5.92 Å². The molecule has 1 unspecified atom stereocenters. The van der Waals surface area contributed by atoms with Crippen LogP contribution in [-0.2, 0) is 14.3 Å². The molecule has 122 valence electrons. The third-order valence-corrected chi connectivity index (χ3v) is 3.07. The number of amides is 2. The van der Waals surface area contributed by atoms with Gasteiger partial charge in [0, 0.05) is 21.1 Å². The highest BCUT2D eigenvalue weighted by Crippen LogP contribution is 2.13. The minimum atomic E-state index is -1.20. The van der Waals surface area contributed by atoms with E-state index in [-0.39, 0.29) is 18.2 Å². The average molecular weight is 302 g/mol. The van der Waals surface area contributed by atoms with Crippen molar-refractivity contribution < 1.29 is 24.2 Å². The predicted molar refractivity (Wildman–Crippen MR) is 77.9 cm³/mol. The van der Waals surface area contributed by atoms with Gasteiger partial charge in [-0.05, 0) is 18.8 Å². The Balaban J connectivity index is 4.88. The number of hydrogen-bond acceptors (Lipinski definition) is 4. The second kappa shape index (κ2) is 8.49. The summed E-state index contributed by atoms with van der Waals surface area (Å²) in [4.78, 5) is 37.7. The number of likely N-dealkylation sites (N-methyl/N-ethyl adjacent to an activating group) is 2. The lowest BCUT2D eigenvalue weighted by Crippen LogP contribution is -2.48. The first-order chi connectivity index (χ1) is 9.61. The Morgan fingerprint density at radius 2 is 1.67 bits per heavy atom. The van der Waals surface area contributed by atoms with Gasteiger partial charge in [-0.25, -0.2) is 9.59 Å². The Morgan fingerprint density at radius 3 is 2.00 bits per heavy atom. The van der Waals surface area contributed by atoms with Crippen LogP contribution in [0.5, 0.6) is 0 Å². The van der Waals surface area contributed by atoms with Gasteiger partial charge in [-0.2, -0.15) is 0 Å². The molecule has 0 fully saturated rings. The average Bonchev–Trinajstić information content (AvgIpc) is 2.37. The van der Waals surface area contributed by atoms with Crippen molar-refractivity contribution in [1.82, 2.24) is 9.80 Å². The summed E-state index contributed by atoms with van der Waals surface area (Å²) in [7, 11) is 4.64. The summed E-state index contributed by atoms with van der Waals surface area (Å²) in [6.45, 7) is 5.47. The number of carboxylic acid groups (broad SMARTS) is 1. The van der Waals surface area contributed by atoms with Crippen LogP contribution in [0.15, 0.2) is 0 Å². The van der Waals surface area contributed by atoms with Crippen LogP contribution in [0.4, 0.5) is 4.79 Å². The largest absolute Gasteiger partial charge is 0.479 e. The minimum Gasteiger partial charge on any atom is -0.479 e. The first-order valence-corrected chi connectivity index (χ1v) is 6.99. The molecule has 0 saturated heterocycles. The van der Waals surface area contributed by atoms with Gasteiger partial charge in [-0.3, -0.25) is 9.69 Å². The molecular formula is C14H26N2O5. The maximum Gasteiger partial charge on any atom is 0.411 e. The molecule has 0 heterocycles. The van der Waals surface area contributed by atoms with E-state index in [0.29, 0.717) is 6.42 Å². The SMILES string of the molecule is CCC(C(=O)N(C)C)N(C)C(=O)O[C@@H](CC(C)C)C(=O)O. The van der Waals surface area contributed by atoms with E-state index in [9.17, 15) is 14.4 Å². The molecule has 0 bridgehead atoms. The molecule has 7 heteroatoms. The monoisotopic (exact) mass is 302 g/mol. The van der Waals surface area contributed by atoms with Crippen molar-refractivity contribution in [1.29, 1.82) is 0 Å². The minimum absolute atomic E-state index is 0.0783. The Morgan fingerprint density at radius 1 is 1.14 bits per heavy atom. The molecule has 0 aromatic rings. The second-order valence-electron chi connectivity index (χ2n) is 5.61. The number of carbonyl (C=O) groups excluding carboxylic acids is 2. The molecule has 0 aliphatic heterocycles. The van der Waals surface area contributed by atoms with Gasteiger partial charge in [-0.15, -0.1) is 0 Å². The van der Waals surface area contributed by atoms with E-state index < -0.39 is 24.2 Å². The van der Waals surface area contributed by atoms with Crippen molar-refractivity contribution in [2.24, 2.45) is 5.92 Å². The predicted octanol–water partition coefficient (Wildman–Crippen LogP) is 1.42. The van der Waals surface area contributed by atoms with E-state index in [4.69, 9.17) is 9.84 Å². The number of nitrogens with zero attached hydrogens (tertiary/aromatic N) is 2. The third kappa shape index (κ3) is 6.01. The molecule has 2 amide bonds. The van der Waals surface area contributed by atoms with Crippen molar-refractivity contribution in [3.05, 3.63) is 0 Å². The van der Waals surface area contributed by atoms with Crippen molar-refractivity contribution in [2.75, 3.05) is 21.1 Å². The number of ether oxygens (including phenoxy) is 1. The second-order valence-corrected chi connectivity index (χ2v) is 5.61. The van der Waals surface area contributed by atoms with Gasteiger partial charge in [0.25, 0.3) is 0 Å². The summed E-state index contributed by atoms with van der Waals surface area (Å²) < 4.78 is 5.01. The third-order valence-electron chi connectivity index (χ3n) is 3.07. The molecule has 0 rings (SSSR count). The fourth-order valence-electron chi connectivity index (χ4n) is 1.87. The quantitative estimate of drug-likeness (QED) is 0.768. The fourth-order valence-corrected chi connectivity index (χ4v) is 1.87. The number of carbonyl (C=O) groups is 3. The molecule has 2 atom stereocenters. The van der Waals surface area contributed by atoms with E-state index >= 15 is 0 Å². The lowest BCUT2D eigenvalue weighted by Gasteiger charge is -2.29. The molecule has 0 spiro atoms. The van der Waals surface area contributed by atoms with Crippen LogP contribution in [0.2, 0.25) is 0 Å². The normalized spacial score (nSPS) is 13.5. The van der Waals surface area contributed by atoms with Crippen molar-refractivity contribution in [3.63, 3.8) is 0 Å². The van der Waals surface area contributed by atoms with Gasteiger partial charge >= 0.3 is 12.1 Å². The van der Waals surface area contributed by atoms with E-state index in [2.05, 4.69) is 0 Å². The summed E-state index contributed by atoms with van der Waals surface area (Å²) in [5.41, 5.74) is 0. The molecule has 0 aromatic carbocycles. The summed E-state index contributed by atoms with van der Waals surface area (Å²) >= 11 is 0. The fraction of sp³-hybridized carbons (Fsp3) is 0.786. The zero-order chi connectivity index (χ0) is 16.7. The highest BCUT2D eigenvalue weighted by molar-refractivity contribution is 5.86. The van der Waals surface area contributed by atoms with Crippen LogP contribution in [-0.4, -0.2) is 66.2 Å². The highest BCUT2D eigenvalue weighted by atomic mass is 16.6. The standard InChI is InChI=1S/C14H26N2O5/c1-7-10(12(17)15(4)5)16(6)14(20)21-11(13(18)19)8-9(2)3/h9-11H,7-8H2,1-6H3,(H,18,19)/t10?,11-/m0/s1. The van der Waals surface area contributed by atoms with Gasteiger partial charge in [-0.1, -0.05) is 20.8 Å². The van der Waals surface area contributed by atoms with Crippen LogP contribution in [0.25, 0.3) is 0 Å². The maximum absolute atomic E-state index is 12.0. The van der Waals surface area contributed by atoms with Crippen molar-refractivity contribution in [3.8, 4) is 0 Å². The highest BCUT2D eigenvalue weighted by Gasteiger charge is 2.31. The zero-order valence-electron chi connectivity index (χ0n) is 13.6. The Labute approximate surface area is 125 Å². The molecule has 0 aromatic heterocycles. The van der Waals surface area contributed by atoms with Crippen LogP contribution in [0.3, 0.4) is 0 Å². The van der Waals surface area contributed by atoms with Crippen LogP contribution in [0.1, 0.15) is 33.6 Å². The van der Waals surface area contributed by atoms with Gasteiger partial charge < -0.3 is 14.7 Å². The summed E-state index contributed by atoms with van der Waals surface area (Å²) in [5, 5.41) is 9.08. The first kappa shape index (κ1) is 19.2. The molecule has 7 nitrogen and oxygen atoms in total. The Hall–Kier alpha value is -1.79. The van der Waals surface area contributed by atoms with Crippen molar-refractivity contribution >= 4 is 18.0 Å². The summed E-state index contributed by atoms with van der Waals surface area (Å²) in [6.07, 6.45) is -1.35. The number of rotatable bonds is 7. The first-order valence-electron chi connectivity index (χ1n) is 6.99. The molecular weight excluding hydrogens is 276 g/mol. The molecule has 0 radical (unpaired) electrons. The smallest absolute Gasteiger partial charge is 0.411 e. The lowest BCUT2D eigenvalue weighted by atomic mass is 10.1. The number of carboxylic acids is 1. The van der Waals surface area contributed by atoms with Crippen LogP contribution < -0.4 is 0 Å². The van der Waals surface area contributed by atoms with Gasteiger partial charge in [0.2, 0.25) is 12.0 Å². The number of hydrogen-bond donors (Lipinski definition) is 1. The number of aliphatic carboxylic acids is 1. The summed E-state index contributed by atoms with van der Waals surface area (Å²) in [6, 6.07) is -0.666. The maximum atomic E-state index is 12.0. The van der Waals surface area contributed by atoms with Gasteiger partial charge in [0.1, 0.15) is 6.04 Å². The van der Waals surface area contributed by atoms with Crippen molar-refractivity contribution in [2.45, 2.75) is 45.8 Å². The van der Waals surface area contributed by atoms with E-state index in [1.807, 2.05) is 13.8 Å². The summed E-state index contributed by atoms with van der Waals surface area (Å²) in [5.74, 6) is -1.33. The molecule has 0 aliphatic rings. The Bertz CT molecular complexity index is 382. The van der Waals surface area contributed by atoms with E-state index in [1.165, 1.54) is 11.9 Å². The lowest BCUT2D eigenvalue weighted by molar-refractivity contribution is -0.148. The molecule has 0 saturated carbocycles. The van der Waals surface area contributed by atoms with Crippen LogP contribution >= 0.6 is 0 Å². The molecule has 1 N–H and O–H groups in total. The van der Waals surface area contributed by atoms with Gasteiger partial charge in [0.05, 0.1) is 0 Å². The Kier molecular flexibility index (Phi) is 7.76. The van der Waals surface area contributed by atoms with E-state index in [0.717, 1.165) is 4.90 Å². The van der Waals surface area contributed by atoms with Gasteiger partial charge in [0.15, 0.2) is 0 Å². The zero-order valence-corrected chi connectivity index (χ0v) is 13.6. The van der Waals surface area contributed by atoms with E-state index in [1.54, 1.807) is 21.0 Å². The topological polar surface area (TPSA) is 87.2 Å². The molecule has 21 heavy (non-hydrogen) atoms. The molecule has 0 aliphatic carbocycles.